The second kappa shape index (κ2) is 8.50. The summed E-state index contributed by atoms with van der Waals surface area (Å²) in [5, 5.41) is 11.4. The molecule has 0 aliphatic carbocycles. The maximum Gasteiger partial charge on any atom is 0.271 e. The molecule has 8 nitrogen and oxygen atoms in total. The molecule has 0 fully saturated rings. The summed E-state index contributed by atoms with van der Waals surface area (Å²) in [7, 11) is 1.38. The fraction of sp³-hybridized carbons (Fsp3) is 0.200. The number of aromatic amines is 1. The van der Waals surface area contributed by atoms with Crippen molar-refractivity contribution >= 4 is 35.0 Å². The quantitative estimate of drug-likeness (QED) is 0.648. The predicted molar refractivity (Wildman–Crippen MR) is 92.5 cm³/mol. The maximum absolute atomic E-state index is 12.3. The number of hydrogen-bond donors (Lipinski definition) is 3. The molecule has 0 aliphatic heterocycles. The van der Waals surface area contributed by atoms with Crippen molar-refractivity contribution < 1.29 is 14.3 Å². The molecule has 10 heteroatoms. The first-order valence-electron chi connectivity index (χ1n) is 7.08. The molecule has 0 aliphatic rings. The van der Waals surface area contributed by atoms with Crippen LogP contribution in [0.25, 0.3) is 0 Å². The van der Waals surface area contributed by atoms with Crippen molar-refractivity contribution in [2.45, 2.75) is 0 Å². The van der Waals surface area contributed by atoms with Gasteiger partial charge < -0.3 is 15.4 Å². The van der Waals surface area contributed by atoms with E-state index in [1.165, 1.54) is 31.4 Å². The van der Waals surface area contributed by atoms with E-state index < -0.39 is 17.4 Å². The first kappa shape index (κ1) is 18.8. The third-order valence-corrected chi connectivity index (χ3v) is 3.71. The monoisotopic (exact) mass is 384 g/mol. The van der Waals surface area contributed by atoms with Gasteiger partial charge in [0.1, 0.15) is 11.3 Å². The van der Waals surface area contributed by atoms with Crippen LogP contribution in [-0.4, -0.2) is 42.2 Å². The fourth-order valence-corrected chi connectivity index (χ4v) is 2.42. The van der Waals surface area contributed by atoms with Gasteiger partial charge in [-0.2, -0.15) is 5.10 Å². The molecule has 0 saturated heterocycles. The molecule has 0 atom stereocenters. The molecule has 0 unspecified atom stereocenters. The first-order valence-corrected chi connectivity index (χ1v) is 7.83. The number of nitrogens with zero attached hydrogens (tertiary/aromatic N) is 1. The molecule has 0 radical (unpaired) electrons. The molecule has 1 heterocycles. The second-order valence-electron chi connectivity index (χ2n) is 4.76. The summed E-state index contributed by atoms with van der Waals surface area (Å²) >= 11 is 12.0. The molecule has 3 N–H and O–H groups in total. The van der Waals surface area contributed by atoms with Crippen LogP contribution >= 0.6 is 23.2 Å². The second-order valence-corrected chi connectivity index (χ2v) is 5.57. The number of benzene rings is 1. The minimum Gasteiger partial charge on any atom is -0.494 e. The molecule has 2 amide bonds. The Kier molecular flexibility index (Phi) is 6.37. The number of ether oxygens (including phenoxy) is 1. The summed E-state index contributed by atoms with van der Waals surface area (Å²) in [6.45, 7) is 0.284. The van der Waals surface area contributed by atoms with Gasteiger partial charge in [-0.3, -0.25) is 14.4 Å². The zero-order valence-corrected chi connectivity index (χ0v) is 14.6. The molecule has 2 rings (SSSR count). The Morgan fingerprint density at radius 1 is 1.08 bits per heavy atom. The van der Waals surface area contributed by atoms with E-state index in [-0.39, 0.29) is 40.1 Å². The number of nitrogens with one attached hydrogen (secondary N) is 3. The molecule has 132 valence electrons. The van der Waals surface area contributed by atoms with Gasteiger partial charge in [0.25, 0.3) is 17.4 Å². The van der Waals surface area contributed by atoms with Gasteiger partial charge in [-0.1, -0.05) is 23.2 Å². The summed E-state index contributed by atoms with van der Waals surface area (Å²) < 4.78 is 5.11. The van der Waals surface area contributed by atoms with Crippen LogP contribution in [0.2, 0.25) is 10.0 Å². The summed E-state index contributed by atoms with van der Waals surface area (Å²) in [5.41, 5.74) is -0.230. The van der Waals surface area contributed by atoms with Gasteiger partial charge in [0.2, 0.25) is 0 Å². The van der Waals surface area contributed by atoms with Crippen LogP contribution in [0.1, 0.15) is 20.8 Å². The minimum atomic E-state index is -0.485. The van der Waals surface area contributed by atoms with Gasteiger partial charge in [0.05, 0.1) is 17.2 Å². The summed E-state index contributed by atoms with van der Waals surface area (Å²) in [4.78, 5) is 34.9. The molecule has 0 bridgehead atoms. The number of hydrogen-bond acceptors (Lipinski definition) is 5. The number of H-pyrrole nitrogens is 1. The van der Waals surface area contributed by atoms with E-state index in [0.29, 0.717) is 0 Å². The van der Waals surface area contributed by atoms with Crippen molar-refractivity contribution in [2.24, 2.45) is 0 Å². The van der Waals surface area contributed by atoms with Crippen molar-refractivity contribution in [3.05, 3.63) is 55.9 Å². The van der Waals surface area contributed by atoms with Gasteiger partial charge >= 0.3 is 0 Å². The SMILES string of the molecule is COc1c(Cl)ccc(Cl)c1C(=O)NCCNC(=O)c1ccc(=O)[nH]n1. The molecule has 1 aromatic heterocycles. The Labute approximate surface area is 152 Å². The lowest BCUT2D eigenvalue weighted by Gasteiger charge is -2.12. The number of amides is 2. The standard InChI is InChI=1S/C15H14Cl2N4O4/c1-25-13-9(17)3-2-8(16)12(13)15(24)19-7-6-18-14(23)10-4-5-11(22)21-20-10/h2-5H,6-7H2,1H3,(H,18,23)(H,19,24)(H,21,22). The van der Waals surface area contributed by atoms with E-state index >= 15 is 0 Å². The highest BCUT2D eigenvalue weighted by atomic mass is 35.5. The van der Waals surface area contributed by atoms with Crippen LogP contribution < -0.4 is 20.9 Å². The van der Waals surface area contributed by atoms with Crippen LogP contribution in [0.5, 0.6) is 5.75 Å². The van der Waals surface area contributed by atoms with E-state index in [1.807, 2.05) is 0 Å². The smallest absolute Gasteiger partial charge is 0.271 e. The number of halogens is 2. The Balaban J connectivity index is 1.91. The van der Waals surface area contributed by atoms with E-state index in [2.05, 4.69) is 20.8 Å². The minimum absolute atomic E-state index is 0.0606. The lowest BCUT2D eigenvalue weighted by atomic mass is 10.2. The number of rotatable bonds is 6. The third-order valence-electron chi connectivity index (χ3n) is 3.10. The van der Waals surface area contributed by atoms with Gasteiger partial charge in [-0.05, 0) is 18.2 Å². The van der Waals surface area contributed by atoms with E-state index in [9.17, 15) is 14.4 Å². The van der Waals surface area contributed by atoms with Gasteiger partial charge in [-0.15, -0.1) is 0 Å². The van der Waals surface area contributed by atoms with Crippen LogP contribution in [0, 0.1) is 0 Å². The van der Waals surface area contributed by atoms with Crippen molar-refractivity contribution in [3.8, 4) is 5.75 Å². The highest BCUT2D eigenvalue weighted by Crippen LogP contribution is 2.33. The van der Waals surface area contributed by atoms with Crippen LogP contribution in [0.3, 0.4) is 0 Å². The Hall–Kier alpha value is -2.58. The molecule has 0 spiro atoms. The van der Waals surface area contributed by atoms with E-state index in [4.69, 9.17) is 27.9 Å². The van der Waals surface area contributed by atoms with Crippen molar-refractivity contribution in [1.82, 2.24) is 20.8 Å². The van der Waals surface area contributed by atoms with Crippen molar-refractivity contribution in [3.63, 3.8) is 0 Å². The highest BCUT2D eigenvalue weighted by Gasteiger charge is 2.19. The largest absolute Gasteiger partial charge is 0.494 e. The highest BCUT2D eigenvalue weighted by molar-refractivity contribution is 6.37. The number of methoxy groups -OCH3 is 1. The molecular weight excluding hydrogens is 371 g/mol. The van der Waals surface area contributed by atoms with Gasteiger partial charge in [0, 0.05) is 19.2 Å². The van der Waals surface area contributed by atoms with Crippen molar-refractivity contribution in [1.29, 1.82) is 0 Å². The first-order chi connectivity index (χ1) is 11.9. The van der Waals surface area contributed by atoms with Crippen LogP contribution in [0.4, 0.5) is 0 Å². The van der Waals surface area contributed by atoms with Gasteiger partial charge in [-0.25, -0.2) is 5.10 Å². The molecule has 25 heavy (non-hydrogen) atoms. The number of aromatic nitrogens is 2. The Morgan fingerprint density at radius 3 is 2.32 bits per heavy atom. The Bertz CT molecular complexity index is 833. The van der Waals surface area contributed by atoms with E-state index in [1.54, 1.807) is 0 Å². The maximum atomic E-state index is 12.3. The van der Waals surface area contributed by atoms with Crippen molar-refractivity contribution in [2.75, 3.05) is 20.2 Å². The Morgan fingerprint density at radius 2 is 1.72 bits per heavy atom. The number of carbonyl (C=O) groups excluding carboxylic acids is 2. The summed E-state index contributed by atoms with van der Waals surface area (Å²) in [6, 6.07) is 5.50. The molecular formula is C15H14Cl2N4O4. The average Bonchev–Trinajstić information content (AvgIpc) is 2.60. The zero-order valence-electron chi connectivity index (χ0n) is 13.1. The molecule has 2 aromatic rings. The number of carbonyl (C=O) groups is 2. The van der Waals surface area contributed by atoms with Crippen LogP contribution in [0.15, 0.2) is 29.1 Å². The third kappa shape index (κ3) is 4.71. The summed E-state index contributed by atoms with van der Waals surface area (Å²) in [6.07, 6.45) is 0. The predicted octanol–water partition coefficient (Wildman–Crippen LogP) is 1.25. The van der Waals surface area contributed by atoms with E-state index in [0.717, 1.165) is 0 Å². The zero-order chi connectivity index (χ0) is 18.4. The normalized spacial score (nSPS) is 10.2. The molecule has 0 saturated carbocycles. The van der Waals surface area contributed by atoms with Crippen LogP contribution in [-0.2, 0) is 0 Å². The topological polar surface area (TPSA) is 113 Å². The lowest BCUT2D eigenvalue weighted by Crippen LogP contribution is -2.35. The molecule has 1 aromatic carbocycles. The fourth-order valence-electron chi connectivity index (χ4n) is 1.95. The average molecular weight is 385 g/mol. The van der Waals surface area contributed by atoms with Gasteiger partial charge in [0.15, 0.2) is 5.75 Å². The summed E-state index contributed by atoms with van der Waals surface area (Å²) in [5.74, 6) is -0.794. The lowest BCUT2D eigenvalue weighted by molar-refractivity contribution is 0.0923.